The number of imidazole rings is 1. The molecular weight excluding hydrogens is 290 g/mol. The maximum absolute atomic E-state index is 12.3. The lowest BCUT2D eigenvalue weighted by atomic mass is 10.0. The van der Waals surface area contributed by atoms with E-state index in [-0.39, 0.29) is 17.6 Å². The van der Waals surface area contributed by atoms with E-state index < -0.39 is 0 Å². The quantitative estimate of drug-likeness (QED) is 0.943. The number of H-pyrrole nitrogens is 1. The van der Waals surface area contributed by atoms with Crippen molar-refractivity contribution in [1.29, 1.82) is 0 Å². The van der Waals surface area contributed by atoms with Crippen LogP contribution in [0.25, 0.3) is 11.0 Å². The number of amides is 1. The number of hydrogen-bond donors (Lipinski definition) is 1. The first-order valence-corrected chi connectivity index (χ1v) is 8.57. The highest BCUT2D eigenvalue weighted by molar-refractivity contribution is 5.77. The van der Waals surface area contributed by atoms with Crippen LogP contribution < -0.4 is 5.69 Å². The molecule has 1 amide bonds. The van der Waals surface area contributed by atoms with Gasteiger partial charge in [0.25, 0.3) is 0 Å². The summed E-state index contributed by atoms with van der Waals surface area (Å²) in [6, 6.07) is 7.97. The lowest BCUT2D eigenvalue weighted by molar-refractivity contribution is -0.133. The van der Waals surface area contributed by atoms with Crippen molar-refractivity contribution in [3.8, 4) is 0 Å². The molecule has 3 rings (SSSR count). The van der Waals surface area contributed by atoms with Crippen molar-refractivity contribution in [2.24, 2.45) is 5.92 Å². The van der Waals surface area contributed by atoms with Crippen molar-refractivity contribution in [3.63, 3.8) is 0 Å². The summed E-state index contributed by atoms with van der Waals surface area (Å²) in [4.78, 5) is 29.4. The Kier molecular flexibility index (Phi) is 4.55. The van der Waals surface area contributed by atoms with Gasteiger partial charge in [-0.3, -0.25) is 9.36 Å². The van der Waals surface area contributed by atoms with Gasteiger partial charge in [0.2, 0.25) is 5.91 Å². The highest BCUT2D eigenvalue weighted by Crippen LogP contribution is 2.25. The van der Waals surface area contributed by atoms with Crippen molar-refractivity contribution in [3.05, 3.63) is 34.7 Å². The minimum atomic E-state index is -0.0458. The van der Waals surface area contributed by atoms with Crippen LogP contribution in [0.3, 0.4) is 0 Å². The second kappa shape index (κ2) is 6.60. The summed E-state index contributed by atoms with van der Waals surface area (Å²) in [5, 5.41) is 0. The Hall–Kier alpha value is -2.04. The van der Waals surface area contributed by atoms with Crippen molar-refractivity contribution < 1.29 is 4.79 Å². The first kappa shape index (κ1) is 15.8. The Morgan fingerprint density at radius 2 is 2.00 bits per heavy atom. The molecule has 0 aliphatic carbocycles. The molecule has 1 atom stereocenters. The molecule has 1 aromatic carbocycles. The van der Waals surface area contributed by atoms with Gasteiger partial charge in [-0.1, -0.05) is 32.4 Å². The van der Waals surface area contributed by atoms with E-state index in [1.807, 2.05) is 33.7 Å². The number of fused-ring (bicyclic) bond motifs is 1. The number of hydrogen-bond acceptors (Lipinski definition) is 2. The van der Waals surface area contributed by atoms with Crippen LogP contribution in [0.2, 0.25) is 0 Å². The summed E-state index contributed by atoms with van der Waals surface area (Å²) in [6.07, 6.45) is 3.35. The molecule has 0 bridgehead atoms. The molecule has 5 heteroatoms. The Balaban J connectivity index is 1.70. The third kappa shape index (κ3) is 3.19. The normalized spacial score (nSPS) is 17.6. The van der Waals surface area contributed by atoms with E-state index in [2.05, 4.69) is 18.8 Å². The van der Waals surface area contributed by atoms with Crippen LogP contribution in [0, 0.1) is 5.92 Å². The van der Waals surface area contributed by atoms with E-state index in [0.717, 1.165) is 43.4 Å². The van der Waals surface area contributed by atoms with Gasteiger partial charge in [-0.05, 0) is 30.9 Å². The second-order valence-corrected chi connectivity index (χ2v) is 6.65. The number of nitrogens with zero attached hydrogens (tertiary/aromatic N) is 2. The molecule has 1 saturated heterocycles. The van der Waals surface area contributed by atoms with Crippen molar-refractivity contribution in [2.75, 3.05) is 13.1 Å². The molecule has 0 saturated carbocycles. The lowest BCUT2D eigenvalue weighted by Gasteiger charge is -2.33. The molecule has 5 nitrogen and oxygen atoms in total. The van der Waals surface area contributed by atoms with Crippen LogP contribution in [0.5, 0.6) is 0 Å². The predicted molar refractivity (Wildman–Crippen MR) is 91.5 cm³/mol. The van der Waals surface area contributed by atoms with Gasteiger partial charge in [-0.2, -0.15) is 0 Å². The van der Waals surface area contributed by atoms with Gasteiger partial charge in [0.05, 0.1) is 11.0 Å². The second-order valence-electron chi connectivity index (χ2n) is 6.65. The van der Waals surface area contributed by atoms with E-state index in [1.54, 1.807) is 0 Å². The highest BCUT2D eigenvalue weighted by Gasteiger charge is 2.26. The fourth-order valence-electron chi connectivity index (χ4n) is 3.38. The maximum Gasteiger partial charge on any atom is 0.326 e. The Bertz CT molecular complexity index is 738. The molecule has 23 heavy (non-hydrogen) atoms. The third-order valence-electron chi connectivity index (χ3n) is 5.03. The van der Waals surface area contributed by atoms with Gasteiger partial charge < -0.3 is 9.88 Å². The number of carbonyl (C=O) groups is 1. The lowest BCUT2D eigenvalue weighted by Crippen LogP contribution is -2.40. The third-order valence-corrected chi connectivity index (χ3v) is 5.03. The van der Waals surface area contributed by atoms with Crippen LogP contribution in [0.15, 0.2) is 29.1 Å². The zero-order chi connectivity index (χ0) is 16.4. The van der Waals surface area contributed by atoms with E-state index >= 15 is 0 Å². The van der Waals surface area contributed by atoms with E-state index in [0.29, 0.717) is 12.3 Å². The molecule has 0 spiro atoms. The standard InChI is InChI=1S/C18H25N3O2/c1-3-13(2)12-17(22)20-10-8-14(9-11-20)21-16-7-5-4-6-15(16)19-18(21)23/h4-7,13-14H,3,8-12H2,1-2H3,(H,19,23). The van der Waals surface area contributed by atoms with Crippen LogP contribution in [0.1, 0.15) is 45.6 Å². The number of piperidine rings is 1. The number of aromatic nitrogens is 2. The molecule has 1 unspecified atom stereocenters. The average molecular weight is 315 g/mol. The molecule has 1 fully saturated rings. The number of nitrogens with one attached hydrogen (secondary N) is 1. The van der Waals surface area contributed by atoms with Crippen LogP contribution in [0.4, 0.5) is 0 Å². The first-order valence-electron chi connectivity index (χ1n) is 8.57. The Morgan fingerprint density at radius 3 is 2.70 bits per heavy atom. The number of likely N-dealkylation sites (tertiary alicyclic amines) is 1. The average Bonchev–Trinajstić information content (AvgIpc) is 2.90. The summed E-state index contributed by atoms with van der Waals surface area (Å²) >= 11 is 0. The van der Waals surface area contributed by atoms with Crippen molar-refractivity contribution >= 4 is 16.9 Å². The molecule has 124 valence electrons. The summed E-state index contributed by atoms with van der Waals surface area (Å²) in [6.45, 7) is 5.72. The zero-order valence-electron chi connectivity index (χ0n) is 13.9. The Morgan fingerprint density at radius 1 is 1.30 bits per heavy atom. The van der Waals surface area contributed by atoms with Crippen LogP contribution in [-0.2, 0) is 4.79 Å². The number of para-hydroxylation sites is 2. The summed E-state index contributed by atoms with van der Waals surface area (Å²) in [7, 11) is 0. The number of carbonyl (C=O) groups excluding carboxylic acids is 1. The smallest absolute Gasteiger partial charge is 0.326 e. The number of aromatic amines is 1. The van der Waals surface area contributed by atoms with Gasteiger partial charge in [0.15, 0.2) is 0 Å². The fraction of sp³-hybridized carbons (Fsp3) is 0.556. The van der Waals surface area contributed by atoms with Crippen molar-refractivity contribution in [2.45, 2.75) is 45.6 Å². The molecule has 2 heterocycles. The molecule has 1 aliphatic heterocycles. The highest BCUT2D eigenvalue weighted by atomic mass is 16.2. The predicted octanol–water partition coefficient (Wildman–Crippen LogP) is 2.93. The fourth-order valence-corrected chi connectivity index (χ4v) is 3.38. The van der Waals surface area contributed by atoms with E-state index in [4.69, 9.17) is 0 Å². The SMILES string of the molecule is CCC(C)CC(=O)N1CCC(n2c(=O)[nH]c3ccccc32)CC1. The summed E-state index contributed by atoms with van der Waals surface area (Å²) in [5.41, 5.74) is 1.80. The topological polar surface area (TPSA) is 58.1 Å². The first-order chi connectivity index (χ1) is 11.1. The monoisotopic (exact) mass is 315 g/mol. The zero-order valence-corrected chi connectivity index (χ0v) is 13.9. The molecular formula is C18H25N3O2. The summed E-state index contributed by atoms with van der Waals surface area (Å²) in [5.74, 6) is 0.695. The van der Waals surface area contributed by atoms with Gasteiger partial charge in [0, 0.05) is 25.6 Å². The molecule has 1 N–H and O–H groups in total. The maximum atomic E-state index is 12.3. The largest absolute Gasteiger partial charge is 0.343 e. The minimum absolute atomic E-state index is 0.0458. The summed E-state index contributed by atoms with van der Waals surface area (Å²) < 4.78 is 1.87. The number of rotatable bonds is 4. The minimum Gasteiger partial charge on any atom is -0.343 e. The molecule has 2 aromatic rings. The van der Waals surface area contributed by atoms with Crippen LogP contribution >= 0.6 is 0 Å². The van der Waals surface area contributed by atoms with Crippen molar-refractivity contribution in [1.82, 2.24) is 14.5 Å². The van der Waals surface area contributed by atoms with E-state index in [1.165, 1.54) is 0 Å². The van der Waals surface area contributed by atoms with Gasteiger partial charge in [0.1, 0.15) is 0 Å². The molecule has 1 aliphatic rings. The molecule has 0 radical (unpaired) electrons. The van der Waals surface area contributed by atoms with Gasteiger partial charge in [-0.25, -0.2) is 4.79 Å². The van der Waals surface area contributed by atoms with Gasteiger partial charge in [-0.15, -0.1) is 0 Å². The van der Waals surface area contributed by atoms with E-state index in [9.17, 15) is 9.59 Å². The Labute approximate surface area is 136 Å². The number of benzene rings is 1. The van der Waals surface area contributed by atoms with Crippen LogP contribution in [-0.4, -0.2) is 33.4 Å². The molecule has 1 aromatic heterocycles. The van der Waals surface area contributed by atoms with Gasteiger partial charge >= 0.3 is 5.69 Å².